The predicted molar refractivity (Wildman–Crippen MR) is 73.5 cm³/mol. The van der Waals surface area contributed by atoms with Gasteiger partial charge >= 0.3 is 12.1 Å². The molecule has 0 saturated carbocycles. The molecule has 1 aromatic rings. The largest absolute Gasteiger partial charge is 0.469 e. The number of alkyl carbamates (subject to hydrolysis) is 1. The van der Waals surface area contributed by atoms with Crippen LogP contribution in [0.15, 0.2) is 24.3 Å². The summed E-state index contributed by atoms with van der Waals surface area (Å²) >= 11 is 5.85. The summed E-state index contributed by atoms with van der Waals surface area (Å²) in [6.07, 6.45) is 0.802. The first-order valence-corrected chi connectivity index (χ1v) is 6.77. The second kappa shape index (κ2) is 6.61. The third-order valence-electron chi connectivity index (χ3n) is 3.23. The van der Waals surface area contributed by atoms with E-state index in [1.807, 2.05) is 12.1 Å². The summed E-state index contributed by atoms with van der Waals surface area (Å²) in [6.45, 7) is 0. The van der Waals surface area contributed by atoms with E-state index in [-0.39, 0.29) is 18.1 Å². The van der Waals surface area contributed by atoms with Crippen molar-refractivity contribution in [3.63, 3.8) is 0 Å². The van der Waals surface area contributed by atoms with Crippen molar-refractivity contribution in [1.29, 1.82) is 0 Å². The summed E-state index contributed by atoms with van der Waals surface area (Å²) in [5.74, 6) is -0.259. The van der Waals surface area contributed by atoms with E-state index in [4.69, 9.17) is 16.3 Å². The molecule has 1 heterocycles. The fraction of sp³-hybridized carbons (Fsp3) is 0.429. The van der Waals surface area contributed by atoms with E-state index in [0.29, 0.717) is 24.3 Å². The lowest BCUT2D eigenvalue weighted by Crippen LogP contribution is -2.22. The quantitative estimate of drug-likeness (QED) is 0.849. The van der Waals surface area contributed by atoms with Crippen LogP contribution < -0.4 is 5.32 Å². The van der Waals surface area contributed by atoms with Gasteiger partial charge in [0.2, 0.25) is 0 Å². The Balaban J connectivity index is 1.97. The van der Waals surface area contributed by atoms with Crippen LogP contribution in [-0.2, 0) is 14.3 Å². The van der Waals surface area contributed by atoms with Crippen molar-refractivity contribution in [2.45, 2.75) is 31.4 Å². The molecular weight excluding hydrogens is 282 g/mol. The van der Waals surface area contributed by atoms with Gasteiger partial charge in [-0.25, -0.2) is 4.79 Å². The minimum atomic E-state index is -0.437. The second-order valence-electron chi connectivity index (χ2n) is 4.59. The average Bonchev–Trinajstić information content (AvgIpc) is 2.80. The summed E-state index contributed by atoms with van der Waals surface area (Å²) in [4.78, 5) is 22.5. The first-order valence-electron chi connectivity index (χ1n) is 6.39. The standard InChI is InChI=1S/C14H16ClNO4/c1-19-12(17)4-2-3-11-13(16-14(18)20-11)9-5-7-10(15)8-6-9/h5-8,11,13H,2-4H2,1H3,(H,16,18). The molecule has 1 N–H and O–H groups in total. The van der Waals surface area contributed by atoms with E-state index in [2.05, 4.69) is 10.1 Å². The van der Waals surface area contributed by atoms with Gasteiger partial charge in [-0.1, -0.05) is 23.7 Å². The van der Waals surface area contributed by atoms with Gasteiger partial charge in [-0.2, -0.15) is 0 Å². The maximum Gasteiger partial charge on any atom is 0.408 e. The summed E-state index contributed by atoms with van der Waals surface area (Å²) in [6, 6.07) is 7.04. The molecular formula is C14H16ClNO4. The van der Waals surface area contributed by atoms with Crippen LogP contribution in [0.1, 0.15) is 30.9 Å². The number of esters is 1. The van der Waals surface area contributed by atoms with Gasteiger partial charge in [0.15, 0.2) is 0 Å². The lowest BCUT2D eigenvalue weighted by Gasteiger charge is -2.17. The Hall–Kier alpha value is -1.75. The lowest BCUT2D eigenvalue weighted by atomic mass is 9.98. The van der Waals surface area contributed by atoms with Crippen LogP contribution in [0.4, 0.5) is 4.79 Å². The van der Waals surface area contributed by atoms with Gasteiger partial charge in [0.05, 0.1) is 13.2 Å². The topological polar surface area (TPSA) is 64.6 Å². The maximum absolute atomic E-state index is 11.4. The smallest absolute Gasteiger partial charge is 0.408 e. The normalized spacial score (nSPS) is 21.2. The molecule has 0 spiro atoms. The molecule has 0 aliphatic carbocycles. The predicted octanol–water partition coefficient (Wildman–Crippen LogP) is 2.83. The minimum Gasteiger partial charge on any atom is -0.469 e. The number of halogens is 1. The number of hydrogen-bond acceptors (Lipinski definition) is 4. The average molecular weight is 298 g/mol. The number of amides is 1. The van der Waals surface area contributed by atoms with Gasteiger partial charge in [0.1, 0.15) is 6.10 Å². The highest BCUT2D eigenvalue weighted by Gasteiger charge is 2.34. The number of benzene rings is 1. The molecule has 0 aromatic heterocycles. The van der Waals surface area contributed by atoms with Crippen LogP contribution in [0, 0.1) is 0 Å². The van der Waals surface area contributed by atoms with E-state index >= 15 is 0 Å². The molecule has 1 aromatic carbocycles. The van der Waals surface area contributed by atoms with Crippen LogP contribution in [0.25, 0.3) is 0 Å². The van der Waals surface area contributed by atoms with E-state index in [1.165, 1.54) is 7.11 Å². The molecule has 108 valence electrons. The van der Waals surface area contributed by atoms with Crippen LogP contribution >= 0.6 is 11.6 Å². The Morgan fingerprint density at radius 1 is 1.40 bits per heavy atom. The lowest BCUT2D eigenvalue weighted by molar-refractivity contribution is -0.140. The number of rotatable bonds is 5. The molecule has 1 saturated heterocycles. The summed E-state index contributed by atoms with van der Waals surface area (Å²) in [7, 11) is 1.36. The zero-order valence-corrected chi connectivity index (χ0v) is 11.9. The van der Waals surface area contributed by atoms with Crippen molar-refractivity contribution >= 4 is 23.7 Å². The Bertz CT molecular complexity index is 488. The van der Waals surface area contributed by atoms with Crippen molar-refractivity contribution < 1.29 is 19.1 Å². The van der Waals surface area contributed by atoms with E-state index in [1.54, 1.807) is 12.1 Å². The molecule has 6 heteroatoms. The molecule has 1 fully saturated rings. The Morgan fingerprint density at radius 2 is 2.10 bits per heavy atom. The van der Waals surface area contributed by atoms with E-state index in [9.17, 15) is 9.59 Å². The Labute approximate surface area is 122 Å². The number of cyclic esters (lactones) is 1. The number of carbonyl (C=O) groups excluding carboxylic acids is 2. The molecule has 5 nitrogen and oxygen atoms in total. The molecule has 2 unspecified atom stereocenters. The number of nitrogens with one attached hydrogen (secondary N) is 1. The van der Waals surface area contributed by atoms with Crippen LogP contribution in [0.5, 0.6) is 0 Å². The Kier molecular flexibility index (Phi) is 4.84. The van der Waals surface area contributed by atoms with Crippen LogP contribution in [-0.4, -0.2) is 25.3 Å². The molecule has 2 atom stereocenters. The summed E-state index contributed by atoms with van der Waals surface area (Å²) in [5.41, 5.74) is 0.934. The van der Waals surface area contributed by atoms with Crippen LogP contribution in [0.2, 0.25) is 5.02 Å². The number of methoxy groups -OCH3 is 1. The fourth-order valence-corrected chi connectivity index (χ4v) is 2.33. The monoisotopic (exact) mass is 297 g/mol. The molecule has 2 rings (SSSR count). The number of hydrogen-bond donors (Lipinski definition) is 1. The zero-order chi connectivity index (χ0) is 14.5. The highest BCUT2D eigenvalue weighted by atomic mass is 35.5. The number of carbonyl (C=O) groups is 2. The molecule has 20 heavy (non-hydrogen) atoms. The maximum atomic E-state index is 11.4. The van der Waals surface area contributed by atoms with Crippen molar-refractivity contribution in [3.8, 4) is 0 Å². The molecule has 0 radical (unpaired) electrons. The summed E-state index contributed by atoms with van der Waals surface area (Å²) < 4.78 is 9.82. The third kappa shape index (κ3) is 3.63. The van der Waals surface area contributed by atoms with Crippen molar-refractivity contribution in [2.75, 3.05) is 7.11 Å². The van der Waals surface area contributed by atoms with Crippen molar-refractivity contribution in [2.24, 2.45) is 0 Å². The fourth-order valence-electron chi connectivity index (χ4n) is 2.20. The van der Waals surface area contributed by atoms with E-state index in [0.717, 1.165) is 5.56 Å². The zero-order valence-electron chi connectivity index (χ0n) is 11.1. The highest BCUT2D eigenvalue weighted by molar-refractivity contribution is 6.30. The van der Waals surface area contributed by atoms with Gasteiger partial charge in [-0.15, -0.1) is 0 Å². The van der Waals surface area contributed by atoms with Gasteiger partial charge in [0, 0.05) is 11.4 Å². The van der Waals surface area contributed by atoms with Crippen molar-refractivity contribution in [3.05, 3.63) is 34.9 Å². The van der Waals surface area contributed by atoms with Gasteiger partial charge in [-0.3, -0.25) is 4.79 Å². The SMILES string of the molecule is COC(=O)CCCC1OC(=O)NC1c1ccc(Cl)cc1. The van der Waals surface area contributed by atoms with Gasteiger partial charge in [0.25, 0.3) is 0 Å². The van der Waals surface area contributed by atoms with Gasteiger partial charge < -0.3 is 14.8 Å². The summed E-state index contributed by atoms with van der Waals surface area (Å²) in [5, 5.41) is 3.41. The third-order valence-corrected chi connectivity index (χ3v) is 3.48. The Morgan fingerprint density at radius 3 is 2.75 bits per heavy atom. The van der Waals surface area contributed by atoms with E-state index < -0.39 is 6.09 Å². The molecule has 1 aliphatic heterocycles. The highest BCUT2D eigenvalue weighted by Crippen LogP contribution is 2.28. The molecule has 1 amide bonds. The molecule has 1 aliphatic rings. The molecule has 0 bridgehead atoms. The van der Waals surface area contributed by atoms with Crippen LogP contribution in [0.3, 0.4) is 0 Å². The minimum absolute atomic E-state index is 0.211. The van der Waals surface area contributed by atoms with Crippen molar-refractivity contribution in [1.82, 2.24) is 5.32 Å². The first-order chi connectivity index (χ1) is 9.60. The van der Waals surface area contributed by atoms with Gasteiger partial charge in [-0.05, 0) is 30.5 Å². The first kappa shape index (κ1) is 14.7. The number of ether oxygens (including phenoxy) is 2. The second-order valence-corrected chi connectivity index (χ2v) is 5.02.